The summed E-state index contributed by atoms with van der Waals surface area (Å²) in [6.07, 6.45) is 3.07. The number of hydrogen-bond donors (Lipinski definition) is 0. The third-order valence-electron chi connectivity index (χ3n) is 2.83. The largest absolute Gasteiger partial charge is 0.459 e. The molecule has 0 amide bonds. The highest BCUT2D eigenvalue weighted by molar-refractivity contribution is 9.10. The molecule has 0 saturated carbocycles. The zero-order chi connectivity index (χ0) is 13.0. The van der Waals surface area contributed by atoms with Crippen LogP contribution in [0.15, 0.2) is 22.7 Å². The molecule has 1 aliphatic rings. The Bertz CT molecular complexity index is 430. The van der Waals surface area contributed by atoms with Crippen molar-refractivity contribution in [2.24, 2.45) is 0 Å². The van der Waals surface area contributed by atoms with Gasteiger partial charge in [0.2, 0.25) is 0 Å². The van der Waals surface area contributed by atoms with Crippen LogP contribution in [0.3, 0.4) is 0 Å². The van der Waals surface area contributed by atoms with Crippen molar-refractivity contribution in [3.05, 3.63) is 34.1 Å². The van der Waals surface area contributed by atoms with Crippen LogP contribution in [0.2, 0.25) is 0 Å². The van der Waals surface area contributed by atoms with Gasteiger partial charge in [-0.25, -0.2) is 9.18 Å². The molecule has 1 aromatic carbocycles. The van der Waals surface area contributed by atoms with Crippen molar-refractivity contribution >= 4 is 21.9 Å². The lowest BCUT2D eigenvalue weighted by molar-refractivity contribution is -0.0300. The quantitative estimate of drug-likeness (QED) is 0.802. The molecule has 18 heavy (non-hydrogen) atoms. The number of esters is 1. The topological polar surface area (TPSA) is 35.5 Å². The minimum Gasteiger partial charge on any atom is -0.459 e. The summed E-state index contributed by atoms with van der Waals surface area (Å²) in [4.78, 5) is 11.8. The smallest absolute Gasteiger partial charge is 0.339 e. The van der Waals surface area contributed by atoms with E-state index in [0.717, 1.165) is 25.9 Å². The first kappa shape index (κ1) is 13.5. The number of benzene rings is 1. The van der Waals surface area contributed by atoms with Crippen molar-refractivity contribution in [2.75, 3.05) is 13.2 Å². The second-order valence-corrected chi connectivity index (χ2v) is 5.07. The van der Waals surface area contributed by atoms with Crippen LogP contribution in [0, 0.1) is 5.82 Å². The number of hydrogen-bond acceptors (Lipinski definition) is 3. The number of carbonyl (C=O) groups is 1. The highest BCUT2D eigenvalue weighted by Gasteiger charge is 2.18. The van der Waals surface area contributed by atoms with Crippen LogP contribution in [0.4, 0.5) is 4.39 Å². The molecule has 0 aliphatic carbocycles. The third kappa shape index (κ3) is 3.53. The van der Waals surface area contributed by atoms with Gasteiger partial charge in [0.25, 0.3) is 0 Å². The average Bonchev–Trinajstić information content (AvgIpc) is 2.37. The van der Waals surface area contributed by atoms with Crippen LogP contribution in [0.25, 0.3) is 0 Å². The molecule has 5 heteroatoms. The van der Waals surface area contributed by atoms with Gasteiger partial charge < -0.3 is 9.47 Å². The Kier molecular flexibility index (Phi) is 4.72. The lowest BCUT2D eigenvalue weighted by Gasteiger charge is -2.22. The highest BCUT2D eigenvalue weighted by Crippen LogP contribution is 2.20. The maximum Gasteiger partial charge on any atom is 0.339 e. The molecule has 0 N–H and O–H groups in total. The van der Waals surface area contributed by atoms with Gasteiger partial charge in [0, 0.05) is 11.1 Å². The molecule has 1 fully saturated rings. The van der Waals surface area contributed by atoms with Crippen LogP contribution in [0.1, 0.15) is 29.6 Å². The maximum atomic E-state index is 12.9. The normalized spacial score (nSPS) is 19.6. The van der Waals surface area contributed by atoms with E-state index < -0.39 is 11.8 Å². The Morgan fingerprint density at radius 1 is 1.50 bits per heavy atom. The predicted molar refractivity (Wildman–Crippen MR) is 68.0 cm³/mol. The summed E-state index contributed by atoms with van der Waals surface area (Å²) in [5.74, 6) is -0.856. The first-order valence-electron chi connectivity index (χ1n) is 5.90. The Labute approximate surface area is 113 Å². The summed E-state index contributed by atoms with van der Waals surface area (Å²) >= 11 is 3.14. The molecule has 1 heterocycles. The molecule has 0 bridgehead atoms. The fourth-order valence-corrected chi connectivity index (χ4v) is 2.35. The predicted octanol–water partition coefficient (Wildman–Crippen LogP) is 3.31. The third-order valence-corrected chi connectivity index (χ3v) is 3.48. The zero-order valence-corrected chi connectivity index (χ0v) is 11.4. The van der Waals surface area contributed by atoms with E-state index in [1.54, 1.807) is 0 Å². The van der Waals surface area contributed by atoms with Crippen LogP contribution in [-0.4, -0.2) is 25.3 Å². The molecular weight excluding hydrogens is 303 g/mol. The Morgan fingerprint density at radius 3 is 3.00 bits per heavy atom. The van der Waals surface area contributed by atoms with E-state index in [0.29, 0.717) is 10.0 Å². The van der Waals surface area contributed by atoms with Gasteiger partial charge >= 0.3 is 5.97 Å². The second-order valence-electron chi connectivity index (χ2n) is 4.21. The van der Waals surface area contributed by atoms with Crippen molar-refractivity contribution in [2.45, 2.75) is 25.4 Å². The Hall–Kier alpha value is -0.940. The van der Waals surface area contributed by atoms with Gasteiger partial charge in [-0.1, -0.05) is 0 Å². The van der Waals surface area contributed by atoms with E-state index in [4.69, 9.17) is 9.47 Å². The Morgan fingerprint density at radius 2 is 2.33 bits per heavy atom. The average molecular weight is 317 g/mol. The zero-order valence-electron chi connectivity index (χ0n) is 9.83. The summed E-state index contributed by atoms with van der Waals surface area (Å²) in [6, 6.07) is 3.88. The molecule has 1 unspecified atom stereocenters. The number of ether oxygens (including phenoxy) is 2. The molecule has 0 aromatic heterocycles. The van der Waals surface area contributed by atoms with Crippen molar-refractivity contribution in [1.82, 2.24) is 0 Å². The van der Waals surface area contributed by atoms with Gasteiger partial charge in [0.05, 0.1) is 11.7 Å². The van der Waals surface area contributed by atoms with Gasteiger partial charge in [-0.15, -0.1) is 0 Å². The van der Waals surface area contributed by atoms with E-state index in [1.807, 2.05) is 0 Å². The fourth-order valence-electron chi connectivity index (χ4n) is 1.84. The molecule has 0 spiro atoms. The molecular formula is C13H14BrFO3. The van der Waals surface area contributed by atoms with Crippen molar-refractivity contribution in [3.8, 4) is 0 Å². The standard InChI is InChI=1S/C13H14BrFO3/c14-12-7-9(15)4-5-11(12)13(16)18-8-10-3-1-2-6-17-10/h4-5,7,10H,1-3,6,8H2. The molecule has 2 rings (SSSR count). The molecule has 0 radical (unpaired) electrons. The van der Waals surface area contributed by atoms with Crippen LogP contribution in [0.5, 0.6) is 0 Å². The molecule has 3 nitrogen and oxygen atoms in total. The lowest BCUT2D eigenvalue weighted by Crippen LogP contribution is -2.26. The number of carbonyl (C=O) groups excluding carboxylic acids is 1. The summed E-state index contributed by atoms with van der Waals surface area (Å²) in [5, 5.41) is 0. The minimum atomic E-state index is -0.462. The first-order valence-corrected chi connectivity index (χ1v) is 6.70. The van der Waals surface area contributed by atoms with E-state index in [9.17, 15) is 9.18 Å². The minimum absolute atomic E-state index is 0.0121. The Balaban J connectivity index is 1.90. The van der Waals surface area contributed by atoms with Gasteiger partial charge in [0.1, 0.15) is 12.4 Å². The molecule has 1 aromatic rings. The molecule has 1 atom stereocenters. The molecule has 1 saturated heterocycles. The van der Waals surface area contributed by atoms with Gasteiger partial charge in [-0.3, -0.25) is 0 Å². The molecule has 98 valence electrons. The lowest BCUT2D eigenvalue weighted by atomic mass is 10.1. The van der Waals surface area contributed by atoms with E-state index >= 15 is 0 Å². The van der Waals surface area contributed by atoms with Crippen LogP contribution in [-0.2, 0) is 9.47 Å². The van der Waals surface area contributed by atoms with Crippen LogP contribution >= 0.6 is 15.9 Å². The summed E-state index contributed by atoms with van der Waals surface area (Å²) < 4.78 is 23.9. The highest BCUT2D eigenvalue weighted by atomic mass is 79.9. The van der Waals surface area contributed by atoms with E-state index in [2.05, 4.69) is 15.9 Å². The van der Waals surface area contributed by atoms with Gasteiger partial charge in [-0.2, -0.15) is 0 Å². The number of rotatable bonds is 3. The monoisotopic (exact) mass is 316 g/mol. The first-order chi connectivity index (χ1) is 8.66. The maximum absolute atomic E-state index is 12.9. The van der Waals surface area contributed by atoms with Gasteiger partial charge in [-0.05, 0) is 53.4 Å². The molecule has 1 aliphatic heterocycles. The van der Waals surface area contributed by atoms with Crippen molar-refractivity contribution in [1.29, 1.82) is 0 Å². The van der Waals surface area contributed by atoms with Crippen molar-refractivity contribution in [3.63, 3.8) is 0 Å². The van der Waals surface area contributed by atoms with Crippen LogP contribution < -0.4 is 0 Å². The fraction of sp³-hybridized carbons (Fsp3) is 0.462. The number of halogens is 2. The van der Waals surface area contributed by atoms with Gasteiger partial charge in [0.15, 0.2) is 0 Å². The second kappa shape index (κ2) is 6.29. The summed E-state index contributed by atoms with van der Waals surface area (Å²) in [7, 11) is 0. The summed E-state index contributed by atoms with van der Waals surface area (Å²) in [6.45, 7) is 0.977. The van der Waals surface area contributed by atoms with E-state index in [-0.39, 0.29) is 12.7 Å². The summed E-state index contributed by atoms with van der Waals surface area (Å²) in [5.41, 5.74) is 0.326. The SMILES string of the molecule is O=C(OCC1CCCCO1)c1ccc(F)cc1Br. The van der Waals surface area contributed by atoms with Crippen molar-refractivity contribution < 1.29 is 18.7 Å². The van der Waals surface area contributed by atoms with E-state index in [1.165, 1.54) is 18.2 Å².